The van der Waals surface area contributed by atoms with Crippen LogP contribution in [0.1, 0.15) is 41.4 Å². The molecule has 0 aromatic carbocycles. The van der Waals surface area contributed by atoms with Crippen LogP contribution in [0.5, 0.6) is 0 Å². The maximum Gasteiger partial charge on any atom is 0.230 e. The first-order valence-electron chi connectivity index (χ1n) is 8.26. The second-order valence-electron chi connectivity index (χ2n) is 6.77. The summed E-state index contributed by atoms with van der Waals surface area (Å²) in [7, 11) is 1.98. The van der Waals surface area contributed by atoms with Gasteiger partial charge in [0.05, 0.1) is 19.2 Å². The van der Waals surface area contributed by atoms with Crippen LogP contribution in [0.3, 0.4) is 0 Å². The second kappa shape index (κ2) is 7.26. The van der Waals surface area contributed by atoms with E-state index in [2.05, 4.69) is 38.8 Å². The number of hydrogen-bond acceptors (Lipinski definition) is 8. The average Bonchev–Trinajstić information content (AvgIpc) is 3.21. The van der Waals surface area contributed by atoms with Gasteiger partial charge >= 0.3 is 0 Å². The number of thiazole rings is 1. The zero-order valence-corrected chi connectivity index (χ0v) is 15.5. The zero-order valence-electron chi connectivity index (χ0n) is 14.6. The van der Waals surface area contributed by atoms with E-state index in [0.29, 0.717) is 30.8 Å². The molecule has 24 heavy (non-hydrogen) atoms. The third kappa shape index (κ3) is 4.00. The Morgan fingerprint density at radius 3 is 2.83 bits per heavy atom. The lowest BCUT2D eigenvalue weighted by Gasteiger charge is -2.24. The Balaban J connectivity index is 1.57. The Morgan fingerprint density at radius 1 is 1.42 bits per heavy atom. The van der Waals surface area contributed by atoms with E-state index in [0.717, 1.165) is 18.1 Å². The van der Waals surface area contributed by atoms with Gasteiger partial charge in [-0.2, -0.15) is 0 Å². The van der Waals surface area contributed by atoms with E-state index in [4.69, 9.17) is 4.42 Å². The van der Waals surface area contributed by atoms with Gasteiger partial charge in [0.2, 0.25) is 11.8 Å². The predicted octanol–water partition coefficient (Wildman–Crippen LogP) is 1.64. The summed E-state index contributed by atoms with van der Waals surface area (Å²) >= 11 is 1.76. The summed E-state index contributed by atoms with van der Waals surface area (Å²) in [4.78, 5) is 10.2. The molecule has 1 N–H and O–H groups in total. The molecule has 132 valence electrons. The van der Waals surface area contributed by atoms with E-state index in [1.54, 1.807) is 18.3 Å². The first kappa shape index (κ1) is 17.5. The predicted molar refractivity (Wildman–Crippen MR) is 91.8 cm³/mol. The molecule has 0 saturated carbocycles. The normalized spacial score (nSPS) is 22.1. The highest BCUT2D eigenvalue weighted by Crippen LogP contribution is 2.25. The minimum atomic E-state index is -0.386. The van der Waals surface area contributed by atoms with Crippen LogP contribution in [-0.4, -0.2) is 62.4 Å². The average molecular weight is 351 g/mol. The van der Waals surface area contributed by atoms with Gasteiger partial charge in [0.1, 0.15) is 5.01 Å². The van der Waals surface area contributed by atoms with Crippen molar-refractivity contribution in [1.29, 1.82) is 0 Å². The van der Waals surface area contributed by atoms with Crippen molar-refractivity contribution in [2.24, 2.45) is 0 Å². The van der Waals surface area contributed by atoms with Crippen LogP contribution in [0, 0.1) is 6.92 Å². The molecule has 3 rings (SSSR count). The number of rotatable bonds is 6. The molecule has 1 saturated heterocycles. The Morgan fingerprint density at radius 2 is 2.21 bits per heavy atom. The highest BCUT2D eigenvalue weighted by atomic mass is 32.1. The van der Waals surface area contributed by atoms with Gasteiger partial charge < -0.3 is 9.52 Å². The number of β-amino-alcohol motifs (C(OH)–C–C–N with tert-alkyl or cyclic N) is 1. The molecule has 2 aromatic heterocycles. The largest absolute Gasteiger partial charge is 0.424 e. The van der Waals surface area contributed by atoms with Crippen molar-refractivity contribution in [2.45, 2.75) is 51.9 Å². The molecule has 0 amide bonds. The number of aliphatic hydroxyl groups excluding tert-OH is 1. The minimum absolute atomic E-state index is 0.0572. The lowest BCUT2D eigenvalue weighted by atomic mass is 10.2. The van der Waals surface area contributed by atoms with Gasteiger partial charge in [-0.1, -0.05) is 13.8 Å². The topological polar surface area (TPSA) is 78.5 Å². The molecule has 0 radical (unpaired) electrons. The van der Waals surface area contributed by atoms with Crippen molar-refractivity contribution in [1.82, 2.24) is 25.0 Å². The number of aliphatic hydroxyl groups is 1. The molecular weight excluding hydrogens is 326 g/mol. The van der Waals surface area contributed by atoms with Crippen LogP contribution >= 0.6 is 11.3 Å². The minimum Gasteiger partial charge on any atom is -0.424 e. The number of nitrogens with zero attached hydrogens (tertiary/aromatic N) is 5. The lowest BCUT2D eigenvalue weighted by molar-refractivity contribution is 0.0899. The van der Waals surface area contributed by atoms with Crippen molar-refractivity contribution in [3.05, 3.63) is 27.9 Å². The second-order valence-corrected chi connectivity index (χ2v) is 7.92. The summed E-state index contributed by atoms with van der Waals surface area (Å²) < 4.78 is 5.43. The SMILES string of the molecule is Cc1nnc(CN(C)[C@@H]2CN(Cc3ncc(C(C)C)s3)C[C@H]2O)o1. The van der Waals surface area contributed by atoms with E-state index in [9.17, 15) is 5.11 Å². The fourth-order valence-electron chi connectivity index (χ4n) is 3.00. The fourth-order valence-corrected chi connectivity index (χ4v) is 3.96. The van der Waals surface area contributed by atoms with Crippen LogP contribution in [0.15, 0.2) is 10.6 Å². The maximum atomic E-state index is 10.4. The molecule has 7 nitrogen and oxygen atoms in total. The fraction of sp³-hybridized carbons (Fsp3) is 0.688. The summed E-state index contributed by atoms with van der Waals surface area (Å²) in [5, 5.41) is 19.4. The molecule has 2 aromatic rings. The molecular formula is C16H25N5O2S. The van der Waals surface area contributed by atoms with Gasteiger partial charge in [-0.3, -0.25) is 9.80 Å². The van der Waals surface area contributed by atoms with E-state index >= 15 is 0 Å². The molecule has 1 aliphatic heterocycles. The van der Waals surface area contributed by atoms with Crippen LogP contribution in [0.2, 0.25) is 0 Å². The highest BCUT2D eigenvalue weighted by Gasteiger charge is 2.34. The van der Waals surface area contributed by atoms with Crippen LogP contribution < -0.4 is 0 Å². The van der Waals surface area contributed by atoms with Crippen molar-refractivity contribution in [3.8, 4) is 0 Å². The van der Waals surface area contributed by atoms with Crippen molar-refractivity contribution in [2.75, 3.05) is 20.1 Å². The van der Waals surface area contributed by atoms with Gasteiger partial charge in [0.15, 0.2) is 0 Å². The van der Waals surface area contributed by atoms with E-state index in [1.807, 2.05) is 13.2 Å². The monoisotopic (exact) mass is 351 g/mol. The molecule has 1 aliphatic rings. The third-order valence-electron chi connectivity index (χ3n) is 4.35. The summed E-state index contributed by atoms with van der Waals surface area (Å²) in [6.07, 6.45) is 1.59. The van der Waals surface area contributed by atoms with Crippen molar-refractivity contribution < 1.29 is 9.52 Å². The number of likely N-dealkylation sites (tertiary alicyclic amines) is 1. The molecule has 8 heteroatoms. The maximum absolute atomic E-state index is 10.4. The van der Waals surface area contributed by atoms with Gasteiger partial charge in [-0.15, -0.1) is 21.5 Å². The summed E-state index contributed by atoms with van der Waals surface area (Å²) in [6.45, 7) is 8.95. The van der Waals surface area contributed by atoms with Gasteiger partial charge in [-0.25, -0.2) is 4.98 Å². The van der Waals surface area contributed by atoms with Crippen LogP contribution in [0.25, 0.3) is 0 Å². The molecule has 0 bridgehead atoms. The molecule has 0 aliphatic carbocycles. The summed E-state index contributed by atoms with van der Waals surface area (Å²) in [5.41, 5.74) is 0. The zero-order chi connectivity index (χ0) is 17.3. The van der Waals surface area contributed by atoms with Crippen molar-refractivity contribution in [3.63, 3.8) is 0 Å². The Kier molecular flexibility index (Phi) is 5.29. The van der Waals surface area contributed by atoms with Gasteiger partial charge in [-0.05, 0) is 13.0 Å². The quantitative estimate of drug-likeness (QED) is 0.847. The molecule has 1 fully saturated rings. The number of aromatic nitrogens is 3. The van der Waals surface area contributed by atoms with Crippen molar-refractivity contribution >= 4 is 11.3 Å². The Bertz CT molecular complexity index is 671. The Labute approximate surface area is 146 Å². The van der Waals surface area contributed by atoms with E-state index in [1.165, 1.54) is 4.88 Å². The van der Waals surface area contributed by atoms with Crippen LogP contribution in [-0.2, 0) is 13.1 Å². The molecule has 3 heterocycles. The number of hydrogen-bond donors (Lipinski definition) is 1. The van der Waals surface area contributed by atoms with Gasteiger partial charge in [0.25, 0.3) is 0 Å². The smallest absolute Gasteiger partial charge is 0.230 e. The molecule has 2 atom stereocenters. The van der Waals surface area contributed by atoms with E-state index in [-0.39, 0.29) is 12.1 Å². The van der Waals surface area contributed by atoms with Gasteiger partial charge in [0, 0.05) is 37.1 Å². The highest BCUT2D eigenvalue weighted by molar-refractivity contribution is 7.11. The lowest BCUT2D eigenvalue weighted by Crippen LogP contribution is -2.40. The standard InChI is InChI=1S/C16H25N5O2S/c1-10(2)14-5-17-16(24-14)9-21-6-12(13(22)7-21)20(4)8-15-19-18-11(3)23-15/h5,10,12-13,22H,6-9H2,1-4H3/t12-,13-/m1/s1. The summed E-state index contributed by atoms with van der Waals surface area (Å²) in [6, 6.07) is 0.0572. The Hall–Kier alpha value is -1.35. The van der Waals surface area contributed by atoms with E-state index < -0.39 is 0 Å². The number of aryl methyl sites for hydroxylation is 1. The molecule has 0 unspecified atom stereocenters. The summed E-state index contributed by atoms with van der Waals surface area (Å²) in [5.74, 6) is 1.66. The first-order valence-corrected chi connectivity index (χ1v) is 9.08. The van der Waals surface area contributed by atoms with Crippen LogP contribution in [0.4, 0.5) is 0 Å². The number of likely N-dealkylation sites (N-methyl/N-ethyl adjacent to an activating group) is 1. The third-order valence-corrected chi connectivity index (χ3v) is 5.64. The molecule has 0 spiro atoms. The first-order chi connectivity index (χ1) is 11.4.